The largest absolute Gasteiger partial charge is 0.395 e. The van der Waals surface area contributed by atoms with Gasteiger partial charge in [0.2, 0.25) is 0 Å². The second-order valence-electron chi connectivity index (χ2n) is 3.71. The van der Waals surface area contributed by atoms with Gasteiger partial charge in [0.05, 0.1) is 6.61 Å². The van der Waals surface area contributed by atoms with Gasteiger partial charge in [-0.3, -0.25) is 0 Å². The maximum absolute atomic E-state index is 9.03. The monoisotopic (exact) mass is 240 g/mol. The zero-order chi connectivity index (χ0) is 12.7. The van der Waals surface area contributed by atoms with Crippen LogP contribution in [0.3, 0.4) is 0 Å². The Balaban J connectivity index is 2.92. The average Bonchev–Trinajstić information content (AvgIpc) is 2.28. The molecule has 1 heterocycles. The van der Waals surface area contributed by atoms with Crippen LogP contribution in [0.15, 0.2) is 6.07 Å². The lowest BCUT2D eigenvalue weighted by Gasteiger charge is -2.22. The van der Waals surface area contributed by atoms with Gasteiger partial charge in [-0.1, -0.05) is 6.92 Å². The van der Waals surface area contributed by atoms with Gasteiger partial charge < -0.3 is 20.5 Å². The maximum atomic E-state index is 9.03. The molecule has 1 aromatic heterocycles. The van der Waals surface area contributed by atoms with Crippen molar-refractivity contribution in [2.45, 2.75) is 20.0 Å². The number of methoxy groups -OCH3 is 1. The molecular weight excluding hydrogens is 220 g/mol. The van der Waals surface area contributed by atoms with E-state index in [0.29, 0.717) is 24.8 Å². The third-order valence-corrected chi connectivity index (χ3v) is 2.24. The Kier molecular flexibility index (Phi) is 5.65. The number of aliphatic hydroxyl groups is 1. The molecule has 0 bridgehead atoms. The van der Waals surface area contributed by atoms with Gasteiger partial charge in [-0.2, -0.15) is 0 Å². The Labute approximate surface area is 101 Å². The summed E-state index contributed by atoms with van der Waals surface area (Å²) in [5.74, 6) is 1.71. The van der Waals surface area contributed by atoms with E-state index in [4.69, 9.17) is 15.6 Å². The first kappa shape index (κ1) is 13.7. The van der Waals surface area contributed by atoms with E-state index in [-0.39, 0.29) is 6.61 Å². The van der Waals surface area contributed by atoms with Crippen molar-refractivity contribution in [3.63, 3.8) is 0 Å². The molecule has 17 heavy (non-hydrogen) atoms. The zero-order valence-electron chi connectivity index (χ0n) is 10.4. The quantitative estimate of drug-likeness (QED) is 0.718. The summed E-state index contributed by atoms with van der Waals surface area (Å²) in [5, 5.41) is 9.03. The van der Waals surface area contributed by atoms with Crippen molar-refractivity contribution in [2.24, 2.45) is 0 Å². The van der Waals surface area contributed by atoms with Crippen LogP contribution in [0.2, 0.25) is 0 Å². The first-order valence-corrected chi connectivity index (χ1v) is 5.69. The minimum atomic E-state index is 0.0868. The van der Waals surface area contributed by atoms with Crippen LogP contribution in [-0.4, -0.2) is 41.9 Å². The van der Waals surface area contributed by atoms with Gasteiger partial charge in [0.15, 0.2) is 5.82 Å². The lowest BCUT2D eigenvalue weighted by Crippen LogP contribution is -2.28. The molecule has 0 aromatic carbocycles. The Bertz CT molecular complexity index is 340. The molecule has 0 saturated carbocycles. The Morgan fingerprint density at radius 3 is 2.76 bits per heavy atom. The zero-order valence-corrected chi connectivity index (χ0v) is 10.4. The first-order chi connectivity index (χ1) is 8.21. The summed E-state index contributed by atoms with van der Waals surface area (Å²) < 4.78 is 4.99. The second kappa shape index (κ2) is 7.03. The van der Waals surface area contributed by atoms with Gasteiger partial charge in [-0.25, -0.2) is 9.97 Å². The van der Waals surface area contributed by atoms with E-state index in [2.05, 4.69) is 16.9 Å². The van der Waals surface area contributed by atoms with E-state index in [0.717, 1.165) is 18.8 Å². The SMILES string of the molecule is CCCN(CCO)c1cc(N)nc(COC)n1. The van der Waals surface area contributed by atoms with Crippen molar-refractivity contribution in [1.82, 2.24) is 9.97 Å². The van der Waals surface area contributed by atoms with Gasteiger partial charge in [0.1, 0.15) is 18.2 Å². The fraction of sp³-hybridized carbons (Fsp3) is 0.636. The highest BCUT2D eigenvalue weighted by molar-refractivity contribution is 5.46. The molecule has 0 amide bonds. The summed E-state index contributed by atoms with van der Waals surface area (Å²) in [5.41, 5.74) is 5.72. The number of rotatable bonds is 7. The molecule has 0 atom stereocenters. The smallest absolute Gasteiger partial charge is 0.158 e. The fourth-order valence-electron chi connectivity index (χ4n) is 1.59. The molecule has 0 aliphatic rings. The number of nitrogens with zero attached hydrogens (tertiary/aromatic N) is 3. The number of hydrogen-bond acceptors (Lipinski definition) is 6. The van der Waals surface area contributed by atoms with Crippen molar-refractivity contribution in [1.29, 1.82) is 0 Å². The Hall–Kier alpha value is -1.40. The molecule has 0 radical (unpaired) electrons. The summed E-state index contributed by atoms with van der Waals surface area (Å²) in [6.45, 7) is 3.85. The Morgan fingerprint density at radius 2 is 2.18 bits per heavy atom. The number of ether oxygens (including phenoxy) is 1. The molecule has 96 valence electrons. The molecule has 0 fully saturated rings. The highest BCUT2D eigenvalue weighted by Crippen LogP contribution is 2.14. The van der Waals surface area contributed by atoms with E-state index < -0.39 is 0 Å². The summed E-state index contributed by atoms with van der Waals surface area (Å²) in [7, 11) is 1.59. The first-order valence-electron chi connectivity index (χ1n) is 5.69. The van der Waals surface area contributed by atoms with E-state index >= 15 is 0 Å². The van der Waals surface area contributed by atoms with Crippen molar-refractivity contribution in [2.75, 3.05) is 37.4 Å². The molecule has 6 nitrogen and oxygen atoms in total. The normalized spacial score (nSPS) is 10.5. The number of hydrogen-bond donors (Lipinski definition) is 2. The van der Waals surface area contributed by atoms with Gasteiger partial charge in [0.25, 0.3) is 0 Å². The molecule has 6 heteroatoms. The van der Waals surface area contributed by atoms with Gasteiger partial charge in [-0.15, -0.1) is 0 Å². The van der Waals surface area contributed by atoms with Crippen LogP contribution < -0.4 is 10.6 Å². The highest BCUT2D eigenvalue weighted by atomic mass is 16.5. The number of nitrogens with two attached hydrogens (primary N) is 1. The molecular formula is C11H20N4O2. The van der Waals surface area contributed by atoms with Crippen LogP contribution in [0.4, 0.5) is 11.6 Å². The molecule has 3 N–H and O–H groups in total. The second-order valence-corrected chi connectivity index (χ2v) is 3.71. The van der Waals surface area contributed by atoms with E-state index in [1.54, 1.807) is 13.2 Å². The predicted octanol–water partition coefficient (Wildman–Crippen LogP) is 0.414. The van der Waals surface area contributed by atoms with Gasteiger partial charge >= 0.3 is 0 Å². The molecule has 0 spiro atoms. The number of aliphatic hydroxyl groups excluding tert-OH is 1. The number of nitrogen functional groups attached to an aromatic ring is 1. The van der Waals surface area contributed by atoms with Crippen LogP contribution in [0, 0.1) is 0 Å². The maximum Gasteiger partial charge on any atom is 0.158 e. The van der Waals surface area contributed by atoms with Crippen LogP contribution in [0.25, 0.3) is 0 Å². The van der Waals surface area contributed by atoms with E-state index in [9.17, 15) is 0 Å². The van der Waals surface area contributed by atoms with Crippen LogP contribution >= 0.6 is 0 Å². The van der Waals surface area contributed by atoms with E-state index in [1.165, 1.54) is 0 Å². The van der Waals surface area contributed by atoms with Gasteiger partial charge in [0, 0.05) is 26.3 Å². The fourth-order valence-corrected chi connectivity index (χ4v) is 1.59. The van der Waals surface area contributed by atoms with Crippen LogP contribution in [-0.2, 0) is 11.3 Å². The lowest BCUT2D eigenvalue weighted by molar-refractivity contribution is 0.178. The summed E-state index contributed by atoms with van der Waals surface area (Å²) in [4.78, 5) is 10.4. The number of aromatic nitrogens is 2. The highest BCUT2D eigenvalue weighted by Gasteiger charge is 2.09. The minimum absolute atomic E-state index is 0.0868. The lowest BCUT2D eigenvalue weighted by atomic mass is 10.3. The standard InChI is InChI=1S/C11H20N4O2/c1-3-4-15(5-6-16)11-7-9(12)13-10(14-11)8-17-2/h7,16H,3-6,8H2,1-2H3,(H2,12,13,14). The van der Waals surface area contributed by atoms with Crippen molar-refractivity contribution >= 4 is 11.6 Å². The Morgan fingerprint density at radius 1 is 1.41 bits per heavy atom. The molecule has 0 saturated heterocycles. The van der Waals surface area contributed by atoms with E-state index in [1.807, 2.05) is 4.90 Å². The molecule has 0 aliphatic carbocycles. The van der Waals surface area contributed by atoms with Crippen molar-refractivity contribution in [3.05, 3.63) is 11.9 Å². The number of anilines is 2. The summed E-state index contributed by atoms with van der Waals surface area (Å²) >= 11 is 0. The molecule has 1 aromatic rings. The summed E-state index contributed by atoms with van der Waals surface area (Å²) in [6.07, 6.45) is 0.976. The third kappa shape index (κ3) is 4.16. The van der Waals surface area contributed by atoms with Crippen molar-refractivity contribution < 1.29 is 9.84 Å². The van der Waals surface area contributed by atoms with Gasteiger partial charge in [-0.05, 0) is 6.42 Å². The van der Waals surface area contributed by atoms with Crippen LogP contribution in [0.5, 0.6) is 0 Å². The van der Waals surface area contributed by atoms with Crippen LogP contribution in [0.1, 0.15) is 19.2 Å². The average molecular weight is 240 g/mol. The summed E-state index contributed by atoms with van der Waals surface area (Å²) in [6, 6.07) is 1.71. The molecule has 0 unspecified atom stereocenters. The topological polar surface area (TPSA) is 84.5 Å². The predicted molar refractivity (Wildman–Crippen MR) is 66.7 cm³/mol. The third-order valence-electron chi connectivity index (χ3n) is 2.24. The van der Waals surface area contributed by atoms with Crippen molar-refractivity contribution in [3.8, 4) is 0 Å². The molecule has 0 aliphatic heterocycles. The minimum Gasteiger partial charge on any atom is -0.395 e. The molecule has 1 rings (SSSR count).